The molecule has 0 saturated heterocycles. The van der Waals surface area contributed by atoms with E-state index in [-0.39, 0.29) is 4.90 Å². The summed E-state index contributed by atoms with van der Waals surface area (Å²) in [6.07, 6.45) is 0. The van der Waals surface area contributed by atoms with Crippen molar-refractivity contribution in [3.8, 4) is 0 Å². The SMILES string of the molecule is Cc1ccc(Br)c(NS(=O)(=O)c2cccc(F)c2)c1. The average molecular weight is 344 g/mol. The van der Waals surface area contributed by atoms with Gasteiger partial charge >= 0.3 is 0 Å². The third-order valence-electron chi connectivity index (χ3n) is 2.47. The predicted molar refractivity (Wildman–Crippen MR) is 76.1 cm³/mol. The van der Waals surface area contributed by atoms with E-state index in [0.717, 1.165) is 11.6 Å². The highest BCUT2D eigenvalue weighted by Gasteiger charge is 2.16. The number of benzene rings is 2. The van der Waals surface area contributed by atoms with Crippen molar-refractivity contribution in [1.29, 1.82) is 0 Å². The van der Waals surface area contributed by atoms with Crippen LogP contribution in [0.3, 0.4) is 0 Å². The first-order chi connectivity index (χ1) is 8.88. The Labute approximate surface area is 119 Å². The summed E-state index contributed by atoms with van der Waals surface area (Å²) >= 11 is 3.27. The van der Waals surface area contributed by atoms with Gasteiger partial charge in [-0.2, -0.15) is 0 Å². The maximum absolute atomic E-state index is 13.1. The smallest absolute Gasteiger partial charge is 0.262 e. The molecule has 0 spiro atoms. The molecule has 0 aliphatic rings. The molecule has 2 aromatic rings. The molecule has 0 unspecified atom stereocenters. The van der Waals surface area contributed by atoms with Crippen molar-refractivity contribution in [2.45, 2.75) is 11.8 Å². The third kappa shape index (κ3) is 3.33. The molecule has 6 heteroatoms. The minimum absolute atomic E-state index is 0.110. The van der Waals surface area contributed by atoms with Crippen molar-refractivity contribution in [3.05, 3.63) is 58.3 Å². The Balaban J connectivity index is 2.39. The molecule has 0 heterocycles. The Kier molecular flexibility index (Phi) is 3.91. The average Bonchev–Trinajstić information content (AvgIpc) is 2.33. The van der Waals surface area contributed by atoms with E-state index in [4.69, 9.17) is 0 Å². The molecule has 19 heavy (non-hydrogen) atoms. The van der Waals surface area contributed by atoms with Gasteiger partial charge in [0.15, 0.2) is 0 Å². The molecule has 0 bridgehead atoms. The fraction of sp³-hybridized carbons (Fsp3) is 0.0769. The molecule has 0 aliphatic heterocycles. The number of halogens is 2. The zero-order valence-electron chi connectivity index (χ0n) is 10.0. The Morgan fingerprint density at radius 1 is 1.16 bits per heavy atom. The van der Waals surface area contributed by atoms with Crippen molar-refractivity contribution in [2.75, 3.05) is 4.72 Å². The van der Waals surface area contributed by atoms with Gasteiger partial charge in [-0.15, -0.1) is 0 Å². The highest BCUT2D eigenvalue weighted by Crippen LogP contribution is 2.26. The monoisotopic (exact) mass is 343 g/mol. The quantitative estimate of drug-likeness (QED) is 0.923. The van der Waals surface area contributed by atoms with Crippen LogP contribution < -0.4 is 4.72 Å². The Hall–Kier alpha value is -1.40. The third-order valence-corrected chi connectivity index (χ3v) is 4.53. The first kappa shape index (κ1) is 14.0. The molecule has 2 rings (SSSR count). The molecule has 0 fully saturated rings. The second-order valence-electron chi connectivity index (χ2n) is 4.05. The molecule has 0 saturated carbocycles. The Bertz CT molecular complexity index is 716. The van der Waals surface area contributed by atoms with E-state index in [1.54, 1.807) is 12.1 Å². The van der Waals surface area contributed by atoms with E-state index in [1.165, 1.54) is 18.2 Å². The number of hydrogen-bond donors (Lipinski definition) is 1. The second kappa shape index (κ2) is 5.30. The van der Waals surface area contributed by atoms with E-state index in [1.807, 2.05) is 13.0 Å². The lowest BCUT2D eigenvalue weighted by atomic mass is 10.2. The summed E-state index contributed by atoms with van der Waals surface area (Å²) in [4.78, 5) is -0.110. The lowest BCUT2D eigenvalue weighted by Crippen LogP contribution is -2.13. The van der Waals surface area contributed by atoms with Crippen LogP contribution in [0.1, 0.15) is 5.56 Å². The van der Waals surface area contributed by atoms with Gasteiger partial charge in [-0.1, -0.05) is 12.1 Å². The summed E-state index contributed by atoms with van der Waals surface area (Å²) < 4.78 is 40.4. The van der Waals surface area contributed by atoms with Gasteiger partial charge < -0.3 is 0 Å². The minimum Gasteiger partial charge on any atom is -0.278 e. The maximum Gasteiger partial charge on any atom is 0.262 e. The lowest BCUT2D eigenvalue weighted by Gasteiger charge is -2.10. The molecule has 2 aromatic carbocycles. The van der Waals surface area contributed by atoms with Crippen molar-refractivity contribution in [3.63, 3.8) is 0 Å². The van der Waals surface area contributed by atoms with Gasteiger partial charge in [-0.3, -0.25) is 4.72 Å². The lowest BCUT2D eigenvalue weighted by molar-refractivity contribution is 0.595. The van der Waals surface area contributed by atoms with Crippen LogP contribution in [0.4, 0.5) is 10.1 Å². The molecule has 0 aromatic heterocycles. The van der Waals surface area contributed by atoms with Crippen molar-refractivity contribution in [2.24, 2.45) is 0 Å². The summed E-state index contributed by atoms with van der Waals surface area (Å²) in [7, 11) is -3.80. The molecule has 100 valence electrons. The molecule has 1 N–H and O–H groups in total. The van der Waals surface area contributed by atoms with Gasteiger partial charge in [0.05, 0.1) is 10.6 Å². The second-order valence-corrected chi connectivity index (χ2v) is 6.58. The highest BCUT2D eigenvalue weighted by molar-refractivity contribution is 9.10. The van der Waals surface area contributed by atoms with E-state index in [2.05, 4.69) is 20.7 Å². The predicted octanol–water partition coefficient (Wildman–Crippen LogP) is 3.70. The Morgan fingerprint density at radius 3 is 2.58 bits per heavy atom. The molecule has 0 amide bonds. The van der Waals surface area contributed by atoms with Crippen molar-refractivity contribution < 1.29 is 12.8 Å². The van der Waals surface area contributed by atoms with Gasteiger partial charge in [0.1, 0.15) is 5.82 Å². The van der Waals surface area contributed by atoms with Crippen LogP contribution in [0.25, 0.3) is 0 Å². The van der Waals surface area contributed by atoms with Crippen LogP contribution in [0.2, 0.25) is 0 Å². The minimum atomic E-state index is -3.80. The summed E-state index contributed by atoms with van der Waals surface area (Å²) in [5.74, 6) is -0.591. The zero-order chi connectivity index (χ0) is 14.0. The first-order valence-electron chi connectivity index (χ1n) is 5.43. The fourth-order valence-corrected chi connectivity index (χ4v) is 3.13. The van der Waals surface area contributed by atoms with Crippen LogP contribution in [0.5, 0.6) is 0 Å². The van der Waals surface area contributed by atoms with Crippen LogP contribution >= 0.6 is 15.9 Å². The van der Waals surface area contributed by atoms with E-state index in [0.29, 0.717) is 10.2 Å². The number of nitrogens with one attached hydrogen (secondary N) is 1. The topological polar surface area (TPSA) is 46.2 Å². The standard InChI is InChI=1S/C13H11BrFNO2S/c1-9-5-6-12(14)13(7-9)16-19(17,18)11-4-2-3-10(15)8-11/h2-8,16H,1H3. The van der Waals surface area contributed by atoms with Gasteiger partial charge in [-0.25, -0.2) is 12.8 Å². The normalized spacial score (nSPS) is 11.3. The molecule has 0 aliphatic carbocycles. The van der Waals surface area contributed by atoms with Gasteiger partial charge in [-0.05, 0) is 58.7 Å². The summed E-state index contributed by atoms with van der Waals surface area (Å²) in [5, 5.41) is 0. The number of sulfonamides is 1. The number of hydrogen-bond acceptors (Lipinski definition) is 2. The first-order valence-corrected chi connectivity index (χ1v) is 7.71. The number of aryl methyl sites for hydroxylation is 1. The van der Waals surface area contributed by atoms with Crippen LogP contribution in [-0.2, 0) is 10.0 Å². The molecule has 0 radical (unpaired) electrons. The summed E-state index contributed by atoms with van der Waals surface area (Å²) in [6, 6.07) is 10.2. The molecule has 3 nitrogen and oxygen atoms in total. The van der Waals surface area contributed by atoms with Crippen molar-refractivity contribution in [1.82, 2.24) is 0 Å². The molecular formula is C13H11BrFNO2S. The zero-order valence-corrected chi connectivity index (χ0v) is 12.4. The fourth-order valence-electron chi connectivity index (χ4n) is 1.56. The number of rotatable bonds is 3. The number of anilines is 1. The van der Waals surface area contributed by atoms with Gasteiger partial charge in [0, 0.05) is 4.47 Å². The van der Waals surface area contributed by atoms with Crippen LogP contribution in [-0.4, -0.2) is 8.42 Å². The van der Waals surface area contributed by atoms with E-state index in [9.17, 15) is 12.8 Å². The Morgan fingerprint density at radius 2 is 1.89 bits per heavy atom. The maximum atomic E-state index is 13.1. The summed E-state index contributed by atoms with van der Waals surface area (Å²) in [5.41, 5.74) is 1.34. The van der Waals surface area contributed by atoms with Gasteiger partial charge in [0.25, 0.3) is 10.0 Å². The molecule has 0 atom stereocenters. The molecular weight excluding hydrogens is 333 g/mol. The van der Waals surface area contributed by atoms with Crippen molar-refractivity contribution >= 4 is 31.6 Å². The largest absolute Gasteiger partial charge is 0.278 e. The van der Waals surface area contributed by atoms with E-state index >= 15 is 0 Å². The highest BCUT2D eigenvalue weighted by atomic mass is 79.9. The van der Waals surface area contributed by atoms with Gasteiger partial charge in [0.2, 0.25) is 0 Å². The summed E-state index contributed by atoms with van der Waals surface area (Å²) in [6.45, 7) is 1.85. The van der Waals surface area contributed by atoms with E-state index < -0.39 is 15.8 Å². The van der Waals surface area contributed by atoms with Crippen LogP contribution in [0.15, 0.2) is 51.8 Å². The van der Waals surface area contributed by atoms with Crippen LogP contribution in [0, 0.1) is 12.7 Å².